The highest BCUT2D eigenvalue weighted by Crippen LogP contribution is 2.13. The second kappa shape index (κ2) is 9.30. The number of carbonyl (C=O) groups excluding carboxylic acids is 2. The molecule has 0 atom stereocenters. The van der Waals surface area contributed by atoms with E-state index >= 15 is 0 Å². The molecule has 0 aromatic heterocycles. The molecule has 0 N–H and O–H groups in total. The first-order valence-electron chi connectivity index (χ1n) is 7.72. The Kier molecular flexibility index (Phi) is 6.77. The number of benzene rings is 2. The van der Waals surface area contributed by atoms with Gasteiger partial charge >= 0.3 is 11.9 Å². The van der Waals surface area contributed by atoms with E-state index in [1.54, 1.807) is 0 Å². The minimum Gasteiger partial charge on any atom is -0.460 e. The predicted molar refractivity (Wildman–Crippen MR) is 90.8 cm³/mol. The van der Waals surface area contributed by atoms with Crippen LogP contribution in [0.2, 0.25) is 0 Å². The fourth-order valence-corrected chi connectivity index (χ4v) is 2.11. The van der Waals surface area contributed by atoms with Gasteiger partial charge in [-0.2, -0.15) is 0 Å². The second-order valence-corrected chi connectivity index (χ2v) is 5.26. The van der Waals surface area contributed by atoms with E-state index in [1.807, 2.05) is 60.7 Å². The van der Waals surface area contributed by atoms with Gasteiger partial charge in [-0.3, -0.25) is 9.59 Å². The summed E-state index contributed by atoms with van der Waals surface area (Å²) < 4.78 is 10.5. The minimum atomic E-state index is -0.991. The Bertz CT molecular complexity index is 609. The molecule has 0 spiro atoms. The van der Waals surface area contributed by atoms with Gasteiger partial charge in [-0.1, -0.05) is 66.7 Å². The SMILES string of the molecule is C=CCC(C(=O)OCc1ccccc1)C(=O)OCc1ccccc1. The average molecular weight is 324 g/mol. The molecule has 0 aliphatic rings. The summed E-state index contributed by atoms with van der Waals surface area (Å²) in [4.78, 5) is 24.4. The van der Waals surface area contributed by atoms with Crippen LogP contribution in [0.15, 0.2) is 73.3 Å². The van der Waals surface area contributed by atoms with Crippen molar-refractivity contribution in [2.75, 3.05) is 0 Å². The first-order chi connectivity index (χ1) is 11.7. The predicted octanol–water partition coefficient (Wildman–Crippen LogP) is 3.67. The number of carbonyl (C=O) groups is 2. The van der Waals surface area contributed by atoms with Crippen molar-refractivity contribution in [3.05, 3.63) is 84.4 Å². The van der Waals surface area contributed by atoms with Gasteiger partial charge in [0.2, 0.25) is 0 Å². The van der Waals surface area contributed by atoms with Gasteiger partial charge in [-0.25, -0.2) is 0 Å². The van der Waals surface area contributed by atoms with E-state index in [1.165, 1.54) is 6.08 Å². The highest BCUT2D eigenvalue weighted by atomic mass is 16.6. The van der Waals surface area contributed by atoms with Crippen LogP contribution in [0.5, 0.6) is 0 Å². The molecular weight excluding hydrogens is 304 g/mol. The standard InChI is InChI=1S/C20H20O4/c1-2-9-18(19(21)23-14-16-10-5-3-6-11-16)20(22)24-15-17-12-7-4-8-13-17/h2-8,10-13,18H,1,9,14-15H2. The Labute approximate surface area is 141 Å². The van der Waals surface area contributed by atoms with Crippen LogP contribution in [0.3, 0.4) is 0 Å². The molecule has 2 aromatic rings. The Balaban J connectivity index is 1.90. The van der Waals surface area contributed by atoms with E-state index < -0.39 is 17.9 Å². The summed E-state index contributed by atoms with van der Waals surface area (Å²) in [7, 11) is 0. The molecule has 0 amide bonds. The van der Waals surface area contributed by atoms with Crippen LogP contribution in [-0.2, 0) is 32.3 Å². The highest BCUT2D eigenvalue weighted by Gasteiger charge is 2.28. The maximum atomic E-state index is 12.2. The summed E-state index contributed by atoms with van der Waals surface area (Å²) in [6, 6.07) is 18.6. The lowest BCUT2D eigenvalue weighted by Gasteiger charge is -2.14. The fourth-order valence-electron chi connectivity index (χ4n) is 2.11. The molecule has 2 aromatic carbocycles. The van der Waals surface area contributed by atoms with Crippen molar-refractivity contribution in [2.45, 2.75) is 19.6 Å². The average Bonchev–Trinajstić information content (AvgIpc) is 2.64. The van der Waals surface area contributed by atoms with Gasteiger partial charge in [0.25, 0.3) is 0 Å². The van der Waals surface area contributed by atoms with Crippen molar-refractivity contribution in [1.29, 1.82) is 0 Å². The van der Waals surface area contributed by atoms with E-state index in [0.29, 0.717) is 0 Å². The van der Waals surface area contributed by atoms with Crippen molar-refractivity contribution in [2.24, 2.45) is 5.92 Å². The van der Waals surface area contributed by atoms with Gasteiger partial charge in [0.05, 0.1) is 0 Å². The normalized spacial score (nSPS) is 10.2. The van der Waals surface area contributed by atoms with Crippen LogP contribution in [0, 0.1) is 5.92 Å². The molecule has 2 rings (SSSR count). The monoisotopic (exact) mass is 324 g/mol. The first kappa shape index (κ1) is 17.5. The molecule has 0 saturated heterocycles. The molecule has 0 aliphatic heterocycles. The number of allylic oxidation sites excluding steroid dienone is 1. The Morgan fingerprint density at radius 1 is 0.833 bits per heavy atom. The quantitative estimate of drug-likeness (QED) is 0.422. The third-order valence-corrected chi connectivity index (χ3v) is 3.42. The van der Waals surface area contributed by atoms with Gasteiger partial charge in [0.15, 0.2) is 5.92 Å². The Morgan fingerprint density at radius 2 is 1.25 bits per heavy atom. The van der Waals surface area contributed by atoms with Crippen LogP contribution in [0.25, 0.3) is 0 Å². The van der Waals surface area contributed by atoms with E-state index in [9.17, 15) is 9.59 Å². The molecule has 0 bridgehead atoms. The summed E-state index contributed by atoms with van der Waals surface area (Å²) in [6.07, 6.45) is 1.69. The Hall–Kier alpha value is -2.88. The summed E-state index contributed by atoms with van der Waals surface area (Å²) in [5.41, 5.74) is 1.72. The summed E-state index contributed by atoms with van der Waals surface area (Å²) in [6.45, 7) is 3.83. The lowest BCUT2D eigenvalue weighted by atomic mass is 10.1. The first-order valence-corrected chi connectivity index (χ1v) is 7.72. The number of rotatable bonds is 8. The number of esters is 2. The molecule has 0 saturated carbocycles. The molecule has 0 radical (unpaired) electrons. The lowest BCUT2D eigenvalue weighted by Crippen LogP contribution is -2.27. The maximum absolute atomic E-state index is 12.2. The molecule has 0 unspecified atom stereocenters. The topological polar surface area (TPSA) is 52.6 Å². The van der Waals surface area contributed by atoms with Crippen LogP contribution in [0.1, 0.15) is 17.5 Å². The van der Waals surface area contributed by atoms with E-state index in [2.05, 4.69) is 6.58 Å². The molecule has 4 nitrogen and oxygen atoms in total. The zero-order valence-electron chi connectivity index (χ0n) is 13.4. The van der Waals surface area contributed by atoms with Crippen LogP contribution in [0.4, 0.5) is 0 Å². The zero-order chi connectivity index (χ0) is 17.2. The minimum absolute atomic E-state index is 0.124. The molecule has 0 fully saturated rings. The lowest BCUT2D eigenvalue weighted by molar-refractivity contribution is -0.163. The smallest absolute Gasteiger partial charge is 0.320 e. The number of ether oxygens (including phenoxy) is 2. The number of hydrogen-bond donors (Lipinski definition) is 0. The summed E-state index contributed by atoms with van der Waals surface area (Å²) in [5, 5.41) is 0. The Morgan fingerprint density at radius 3 is 1.62 bits per heavy atom. The molecule has 0 aliphatic carbocycles. The van der Waals surface area contributed by atoms with Crippen molar-refractivity contribution in [1.82, 2.24) is 0 Å². The maximum Gasteiger partial charge on any atom is 0.320 e. The van der Waals surface area contributed by atoms with Crippen molar-refractivity contribution in [3.63, 3.8) is 0 Å². The van der Waals surface area contributed by atoms with Gasteiger partial charge in [-0.15, -0.1) is 6.58 Å². The van der Waals surface area contributed by atoms with Crippen LogP contribution in [-0.4, -0.2) is 11.9 Å². The van der Waals surface area contributed by atoms with Gasteiger partial charge < -0.3 is 9.47 Å². The van der Waals surface area contributed by atoms with Crippen LogP contribution < -0.4 is 0 Å². The molecule has 24 heavy (non-hydrogen) atoms. The zero-order valence-corrected chi connectivity index (χ0v) is 13.4. The van der Waals surface area contributed by atoms with Gasteiger partial charge in [0.1, 0.15) is 13.2 Å². The van der Waals surface area contributed by atoms with E-state index in [-0.39, 0.29) is 19.6 Å². The largest absolute Gasteiger partial charge is 0.460 e. The van der Waals surface area contributed by atoms with E-state index in [4.69, 9.17) is 9.47 Å². The van der Waals surface area contributed by atoms with Crippen molar-refractivity contribution >= 4 is 11.9 Å². The highest BCUT2D eigenvalue weighted by molar-refractivity contribution is 5.95. The van der Waals surface area contributed by atoms with Crippen molar-refractivity contribution in [3.8, 4) is 0 Å². The number of hydrogen-bond acceptors (Lipinski definition) is 4. The second-order valence-electron chi connectivity index (χ2n) is 5.26. The third-order valence-electron chi connectivity index (χ3n) is 3.42. The molecule has 124 valence electrons. The molecule has 0 heterocycles. The van der Waals surface area contributed by atoms with E-state index in [0.717, 1.165) is 11.1 Å². The van der Waals surface area contributed by atoms with Gasteiger partial charge in [0, 0.05) is 0 Å². The van der Waals surface area contributed by atoms with Crippen LogP contribution >= 0.6 is 0 Å². The van der Waals surface area contributed by atoms with Gasteiger partial charge in [-0.05, 0) is 17.5 Å². The summed E-state index contributed by atoms with van der Waals surface area (Å²) in [5.74, 6) is -2.19. The van der Waals surface area contributed by atoms with Crippen molar-refractivity contribution < 1.29 is 19.1 Å². The summed E-state index contributed by atoms with van der Waals surface area (Å²) >= 11 is 0. The fraction of sp³-hybridized carbons (Fsp3) is 0.200. The third kappa shape index (κ3) is 5.39. The molecule has 4 heteroatoms. The molecular formula is C20H20O4.